The van der Waals surface area contributed by atoms with Gasteiger partial charge in [-0.15, -0.1) is 0 Å². The summed E-state index contributed by atoms with van der Waals surface area (Å²) in [6.45, 7) is 4.36. The Kier molecular flexibility index (Phi) is 7.06. The topological polar surface area (TPSA) is 77.8 Å². The molecule has 0 fully saturated rings. The fourth-order valence-corrected chi connectivity index (χ4v) is 1.53. The number of rotatable bonds is 3. The normalized spacial score (nSPS) is 10.5. The predicted octanol–water partition coefficient (Wildman–Crippen LogP) is 2.88. The standard InChI is InChI=1S/C7H9O4P.C4H10/c8-7-3-1-6(2-4-7)5-12(9,10)11;1-3-4-2/h1-4,8H,5H2,(H2,9,10,11);3-4H2,1-2H3. The third-order valence-electron chi connectivity index (χ3n) is 1.82. The Morgan fingerprint density at radius 3 is 1.81 bits per heavy atom. The van der Waals surface area contributed by atoms with Gasteiger partial charge in [0.05, 0.1) is 6.16 Å². The van der Waals surface area contributed by atoms with Crippen molar-refractivity contribution in [1.82, 2.24) is 0 Å². The molecule has 1 aromatic carbocycles. The van der Waals surface area contributed by atoms with E-state index in [-0.39, 0.29) is 11.9 Å². The zero-order chi connectivity index (χ0) is 12.6. The van der Waals surface area contributed by atoms with Crippen molar-refractivity contribution in [3.63, 3.8) is 0 Å². The van der Waals surface area contributed by atoms with Crippen molar-refractivity contribution in [2.75, 3.05) is 0 Å². The molecule has 5 heteroatoms. The van der Waals surface area contributed by atoms with Crippen LogP contribution < -0.4 is 0 Å². The Bertz CT molecular complexity index is 326. The molecule has 3 N–H and O–H groups in total. The first-order valence-corrected chi connectivity index (χ1v) is 7.01. The quantitative estimate of drug-likeness (QED) is 0.716. The number of aromatic hydroxyl groups is 1. The lowest BCUT2D eigenvalue weighted by atomic mass is 10.2. The van der Waals surface area contributed by atoms with Gasteiger partial charge < -0.3 is 14.9 Å². The second kappa shape index (κ2) is 7.44. The van der Waals surface area contributed by atoms with Gasteiger partial charge in [0.15, 0.2) is 0 Å². The summed E-state index contributed by atoms with van der Waals surface area (Å²) in [5.41, 5.74) is 0.515. The fraction of sp³-hybridized carbons (Fsp3) is 0.455. The Morgan fingerprint density at radius 2 is 1.50 bits per heavy atom. The highest BCUT2D eigenvalue weighted by Crippen LogP contribution is 2.39. The van der Waals surface area contributed by atoms with Crippen molar-refractivity contribution in [3.8, 4) is 5.75 Å². The SMILES string of the molecule is CCCC.O=P(O)(O)Cc1ccc(O)cc1. The van der Waals surface area contributed by atoms with Gasteiger partial charge in [-0.05, 0) is 17.7 Å². The summed E-state index contributed by atoms with van der Waals surface area (Å²) in [6.07, 6.45) is 2.35. The van der Waals surface area contributed by atoms with Crippen LogP contribution in [-0.2, 0) is 10.7 Å². The van der Waals surface area contributed by atoms with E-state index in [0.717, 1.165) is 0 Å². The molecule has 0 unspecified atom stereocenters. The van der Waals surface area contributed by atoms with Gasteiger partial charge in [0, 0.05) is 0 Å². The van der Waals surface area contributed by atoms with Crippen molar-refractivity contribution in [2.45, 2.75) is 32.9 Å². The predicted molar refractivity (Wildman–Crippen MR) is 64.4 cm³/mol. The zero-order valence-corrected chi connectivity index (χ0v) is 10.5. The lowest BCUT2D eigenvalue weighted by Crippen LogP contribution is -1.85. The molecule has 0 aromatic heterocycles. The lowest BCUT2D eigenvalue weighted by molar-refractivity contribution is 0.371. The Labute approximate surface area is 96.1 Å². The van der Waals surface area contributed by atoms with E-state index in [9.17, 15) is 4.57 Å². The summed E-state index contributed by atoms with van der Waals surface area (Å²) in [6, 6.07) is 5.75. The summed E-state index contributed by atoms with van der Waals surface area (Å²) in [7, 11) is -3.98. The number of unbranched alkanes of at least 4 members (excludes halogenated alkanes) is 1. The molecule has 1 aromatic rings. The van der Waals surface area contributed by atoms with E-state index in [2.05, 4.69) is 13.8 Å². The van der Waals surface area contributed by atoms with Crippen LogP contribution in [0.2, 0.25) is 0 Å². The molecule has 0 aliphatic rings. The van der Waals surface area contributed by atoms with E-state index >= 15 is 0 Å². The molecule has 0 aliphatic heterocycles. The maximum atomic E-state index is 10.5. The van der Waals surface area contributed by atoms with Gasteiger partial charge in [0.2, 0.25) is 0 Å². The first-order chi connectivity index (χ1) is 7.39. The molecule has 0 radical (unpaired) electrons. The Hall–Kier alpha value is -0.830. The van der Waals surface area contributed by atoms with Crippen LogP contribution in [-0.4, -0.2) is 14.9 Å². The van der Waals surface area contributed by atoms with Crippen LogP contribution in [0, 0.1) is 0 Å². The zero-order valence-electron chi connectivity index (χ0n) is 9.63. The highest BCUT2D eigenvalue weighted by Gasteiger charge is 2.13. The van der Waals surface area contributed by atoms with Gasteiger partial charge in [-0.2, -0.15) is 0 Å². The highest BCUT2D eigenvalue weighted by molar-refractivity contribution is 7.50. The van der Waals surface area contributed by atoms with Gasteiger partial charge in [0.25, 0.3) is 0 Å². The number of hydrogen-bond donors (Lipinski definition) is 3. The first kappa shape index (κ1) is 15.2. The molecule has 1 rings (SSSR count). The summed E-state index contributed by atoms with van der Waals surface area (Å²) in [4.78, 5) is 17.2. The fourth-order valence-electron chi connectivity index (χ4n) is 0.839. The van der Waals surface area contributed by atoms with Gasteiger partial charge in [-0.3, -0.25) is 4.57 Å². The minimum atomic E-state index is -3.98. The van der Waals surface area contributed by atoms with E-state index in [1.54, 1.807) is 0 Å². The van der Waals surface area contributed by atoms with Crippen molar-refractivity contribution in [1.29, 1.82) is 0 Å². The second-order valence-corrected chi connectivity index (χ2v) is 5.13. The van der Waals surface area contributed by atoms with Crippen molar-refractivity contribution < 1.29 is 19.5 Å². The summed E-state index contributed by atoms with van der Waals surface area (Å²) in [5.74, 6) is 0.0875. The minimum Gasteiger partial charge on any atom is -0.508 e. The van der Waals surface area contributed by atoms with Crippen LogP contribution in [0.5, 0.6) is 5.75 Å². The van der Waals surface area contributed by atoms with E-state index in [4.69, 9.17) is 14.9 Å². The van der Waals surface area contributed by atoms with Gasteiger partial charge in [-0.1, -0.05) is 38.8 Å². The summed E-state index contributed by atoms with van der Waals surface area (Å²) >= 11 is 0. The van der Waals surface area contributed by atoms with Crippen molar-refractivity contribution in [2.24, 2.45) is 0 Å². The second-order valence-electron chi connectivity index (χ2n) is 3.49. The van der Waals surface area contributed by atoms with Gasteiger partial charge in [0.1, 0.15) is 5.75 Å². The maximum absolute atomic E-state index is 10.5. The van der Waals surface area contributed by atoms with E-state index in [0.29, 0.717) is 5.56 Å². The molecular weight excluding hydrogens is 227 g/mol. The molecule has 0 atom stereocenters. The third kappa shape index (κ3) is 8.48. The molecule has 0 amide bonds. The van der Waals surface area contributed by atoms with Crippen LogP contribution in [0.25, 0.3) is 0 Å². The molecular formula is C11H19O4P. The largest absolute Gasteiger partial charge is 0.508 e. The first-order valence-electron chi connectivity index (χ1n) is 5.21. The molecule has 0 spiro atoms. The van der Waals surface area contributed by atoms with Crippen molar-refractivity contribution in [3.05, 3.63) is 29.8 Å². The van der Waals surface area contributed by atoms with E-state index < -0.39 is 7.60 Å². The number of phenols is 1. The molecule has 0 bridgehead atoms. The molecule has 0 saturated heterocycles. The van der Waals surface area contributed by atoms with Crippen molar-refractivity contribution >= 4 is 7.60 Å². The third-order valence-corrected chi connectivity index (χ3v) is 2.60. The molecule has 0 heterocycles. The molecule has 0 aliphatic carbocycles. The number of hydrogen-bond acceptors (Lipinski definition) is 2. The maximum Gasteiger partial charge on any atom is 0.329 e. The monoisotopic (exact) mass is 246 g/mol. The molecule has 4 nitrogen and oxygen atoms in total. The van der Waals surface area contributed by atoms with Gasteiger partial charge >= 0.3 is 7.60 Å². The molecule has 92 valence electrons. The van der Waals surface area contributed by atoms with E-state index in [1.165, 1.54) is 37.1 Å². The average molecular weight is 246 g/mol. The highest BCUT2D eigenvalue weighted by atomic mass is 31.2. The van der Waals surface area contributed by atoms with E-state index in [1.807, 2.05) is 0 Å². The summed E-state index contributed by atoms with van der Waals surface area (Å²) in [5, 5.41) is 8.86. The van der Waals surface area contributed by atoms with Crippen LogP contribution >= 0.6 is 7.60 Å². The number of benzene rings is 1. The van der Waals surface area contributed by atoms with Gasteiger partial charge in [-0.25, -0.2) is 0 Å². The van der Waals surface area contributed by atoms with Crippen LogP contribution in [0.15, 0.2) is 24.3 Å². The molecule has 0 saturated carbocycles. The van der Waals surface area contributed by atoms with Crippen LogP contribution in [0.4, 0.5) is 0 Å². The minimum absolute atomic E-state index is 0.0875. The summed E-state index contributed by atoms with van der Waals surface area (Å²) < 4.78 is 10.5. The van der Waals surface area contributed by atoms with Crippen LogP contribution in [0.3, 0.4) is 0 Å². The average Bonchev–Trinajstić information content (AvgIpc) is 2.20. The Morgan fingerprint density at radius 1 is 1.06 bits per heavy atom. The van der Waals surface area contributed by atoms with Crippen LogP contribution in [0.1, 0.15) is 32.3 Å². The molecule has 16 heavy (non-hydrogen) atoms. The lowest BCUT2D eigenvalue weighted by Gasteiger charge is -2.02. The number of phenolic OH excluding ortho intramolecular Hbond substituents is 1. The smallest absolute Gasteiger partial charge is 0.329 e. The Balaban J connectivity index is 0.000000487.